The molecule has 0 atom stereocenters. The lowest BCUT2D eigenvalue weighted by Gasteiger charge is -1.89. The molecule has 0 saturated heterocycles. The van der Waals surface area contributed by atoms with E-state index in [0.717, 1.165) is 0 Å². The predicted octanol–water partition coefficient (Wildman–Crippen LogP) is 1.54. The number of nitrogens with zero attached hydrogens (tertiary/aromatic N) is 1. The maximum atomic E-state index is 11.6. The first kappa shape index (κ1) is 7.79. The fourth-order valence-corrected chi connectivity index (χ4v) is 1.08. The molecule has 0 fully saturated rings. The van der Waals surface area contributed by atoms with Gasteiger partial charge in [-0.1, -0.05) is 0 Å². The first-order valence-corrected chi connectivity index (χ1v) is 3.87. The van der Waals surface area contributed by atoms with Crippen LogP contribution in [-0.2, 0) is 0 Å². The number of H-pyrrole nitrogens is 1. The van der Waals surface area contributed by atoms with Gasteiger partial charge in [0.1, 0.15) is 6.26 Å². The summed E-state index contributed by atoms with van der Waals surface area (Å²) in [7, 11) is 0. The minimum absolute atomic E-state index is 0.151. The van der Waals surface area contributed by atoms with E-state index in [0.29, 0.717) is 17.3 Å². The van der Waals surface area contributed by atoms with Crippen LogP contribution in [0.25, 0.3) is 0 Å². The fraction of sp³-hybridized carbons (Fsp3) is 0.111. The van der Waals surface area contributed by atoms with Crippen molar-refractivity contribution < 1.29 is 9.21 Å². The molecule has 2 aromatic rings. The fourth-order valence-electron chi connectivity index (χ4n) is 1.08. The molecule has 0 bridgehead atoms. The zero-order valence-electron chi connectivity index (χ0n) is 7.07. The lowest BCUT2D eigenvalue weighted by Crippen LogP contribution is -2.01. The smallest absolute Gasteiger partial charge is 0.230 e. The summed E-state index contributed by atoms with van der Waals surface area (Å²) >= 11 is 0. The number of oxazole rings is 1. The van der Waals surface area contributed by atoms with Crippen molar-refractivity contribution in [3.05, 3.63) is 41.9 Å². The summed E-state index contributed by atoms with van der Waals surface area (Å²) < 4.78 is 4.94. The molecule has 0 spiro atoms. The van der Waals surface area contributed by atoms with Gasteiger partial charge < -0.3 is 9.40 Å². The van der Waals surface area contributed by atoms with Gasteiger partial charge >= 0.3 is 0 Å². The van der Waals surface area contributed by atoms with Crippen molar-refractivity contribution in [2.24, 2.45) is 0 Å². The first-order chi connectivity index (χ1) is 6.27. The third kappa shape index (κ3) is 1.38. The van der Waals surface area contributed by atoms with Gasteiger partial charge in [-0.2, -0.15) is 0 Å². The van der Waals surface area contributed by atoms with E-state index in [9.17, 15) is 4.79 Å². The van der Waals surface area contributed by atoms with Gasteiger partial charge in [0, 0.05) is 13.1 Å². The van der Waals surface area contributed by atoms with Gasteiger partial charge in [0.15, 0.2) is 11.6 Å². The van der Waals surface area contributed by atoms with E-state index in [2.05, 4.69) is 9.97 Å². The Morgan fingerprint density at radius 2 is 2.46 bits per heavy atom. The van der Waals surface area contributed by atoms with E-state index >= 15 is 0 Å². The molecule has 2 rings (SSSR count). The summed E-state index contributed by atoms with van der Waals surface area (Å²) in [5.74, 6) is 0.344. The third-order valence-corrected chi connectivity index (χ3v) is 1.69. The van der Waals surface area contributed by atoms with Crippen LogP contribution in [0.5, 0.6) is 0 Å². The van der Waals surface area contributed by atoms with Crippen molar-refractivity contribution >= 4 is 5.78 Å². The molecule has 0 aliphatic heterocycles. The van der Waals surface area contributed by atoms with Crippen LogP contribution in [-0.4, -0.2) is 15.8 Å². The van der Waals surface area contributed by atoms with E-state index in [-0.39, 0.29) is 5.78 Å². The largest absolute Gasteiger partial charge is 0.449 e. The summed E-state index contributed by atoms with van der Waals surface area (Å²) in [6.07, 6.45) is 3.05. The minimum Gasteiger partial charge on any atom is -0.449 e. The number of aromatic amines is 1. The lowest BCUT2D eigenvalue weighted by molar-refractivity contribution is 0.103. The number of nitrogens with one attached hydrogen (secondary N) is 1. The molecule has 0 amide bonds. The normalized spacial score (nSPS) is 10.2. The van der Waals surface area contributed by atoms with Gasteiger partial charge in [-0.3, -0.25) is 4.79 Å². The van der Waals surface area contributed by atoms with Crippen LogP contribution in [0.15, 0.2) is 29.0 Å². The van der Waals surface area contributed by atoms with Gasteiger partial charge in [-0.25, -0.2) is 4.98 Å². The number of carbonyl (C=O) groups excluding carboxylic acids is 1. The van der Waals surface area contributed by atoms with Crippen molar-refractivity contribution in [3.8, 4) is 0 Å². The Morgan fingerprint density at radius 3 is 3.00 bits per heavy atom. The second kappa shape index (κ2) is 2.90. The average molecular weight is 176 g/mol. The van der Waals surface area contributed by atoms with E-state index < -0.39 is 0 Å². The van der Waals surface area contributed by atoms with Crippen molar-refractivity contribution in [2.45, 2.75) is 6.92 Å². The summed E-state index contributed by atoms with van der Waals surface area (Å²) in [6.45, 7) is 1.70. The van der Waals surface area contributed by atoms with Crippen LogP contribution >= 0.6 is 0 Å². The molecular formula is C9H8N2O2. The van der Waals surface area contributed by atoms with Crippen LogP contribution < -0.4 is 0 Å². The molecule has 0 aliphatic carbocycles. The molecule has 1 N–H and O–H groups in total. The van der Waals surface area contributed by atoms with Crippen molar-refractivity contribution in [3.63, 3.8) is 0 Å². The SMILES string of the molecule is Cc1nc(C(=O)c2ccc[nH]2)co1. The van der Waals surface area contributed by atoms with Gasteiger partial charge in [0.05, 0.1) is 5.69 Å². The molecule has 66 valence electrons. The molecule has 13 heavy (non-hydrogen) atoms. The number of hydrogen-bond donors (Lipinski definition) is 1. The number of ketones is 1. The molecule has 4 nitrogen and oxygen atoms in total. The Balaban J connectivity index is 2.33. The summed E-state index contributed by atoms with van der Waals surface area (Å²) in [5, 5.41) is 0. The van der Waals surface area contributed by atoms with Crippen LogP contribution in [0.1, 0.15) is 22.1 Å². The highest BCUT2D eigenvalue weighted by atomic mass is 16.3. The first-order valence-electron chi connectivity index (χ1n) is 3.87. The molecular weight excluding hydrogens is 168 g/mol. The molecule has 0 radical (unpaired) electrons. The molecule has 0 aliphatic rings. The third-order valence-electron chi connectivity index (χ3n) is 1.69. The monoisotopic (exact) mass is 176 g/mol. The van der Waals surface area contributed by atoms with Gasteiger partial charge in [-0.15, -0.1) is 0 Å². The standard InChI is InChI=1S/C9H8N2O2/c1-6-11-8(5-13-6)9(12)7-3-2-4-10-7/h2-5,10H,1H3. The van der Waals surface area contributed by atoms with Gasteiger partial charge in [-0.05, 0) is 12.1 Å². The van der Waals surface area contributed by atoms with E-state index in [1.54, 1.807) is 25.3 Å². The van der Waals surface area contributed by atoms with Crippen LogP contribution in [0.4, 0.5) is 0 Å². The molecule has 2 aromatic heterocycles. The molecule has 0 saturated carbocycles. The maximum Gasteiger partial charge on any atom is 0.230 e. The van der Waals surface area contributed by atoms with Crippen LogP contribution in [0, 0.1) is 6.92 Å². The van der Waals surface area contributed by atoms with Crippen molar-refractivity contribution in [1.29, 1.82) is 0 Å². The highest BCUT2D eigenvalue weighted by Crippen LogP contribution is 2.07. The molecule has 4 heteroatoms. The Hall–Kier alpha value is -1.84. The quantitative estimate of drug-likeness (QED) is 0.706. The van der Waals surface area contributed by atoms with E-state index in [1.165, 1.54) is 6.26 Å². The predicted molar refractivity (Wildman–Crippen MR) is 45.5 cm³/mol. The van der Waals surface area contributed by atoms with Gasteiger partial charge in [0.2, 0.25) is 5.78 Å². The Kier molecular flexibility index (Phi) is 1.73. The Labute approximate surface area is 74.6 Å². The Bertz CT molecular complexity index is 415. The summed E-state index contributed by atoms with van der Waals surface area (Å²) in [4.78, 5) is 18.3. The summed E-state index contributed by atoms with van der Waals surface area (Å²) in [6, 6.07) is 3.46. The van der Waals surface area contributed by atoms with E-state index in [4.69, 9.17) is 4.42 Å². The van der Waals surface area contributed by atoms with Crippen LogP contribution in [0.3, 0.4) is 0 Å². The highest BCUT2D eigenvalue weighted by Gasteiger charge is 2.13. The van der Waals surface area contributed by atoms with E-state index in [1.807, 2.05) is 0 Å². The topological polar surface area (TPSA) is 58.9 Å². The number of rotatable bonds is 2. The second-order valence-corrected chi connectivity index (χ2v) is 2.66. The van der Waals surface area contributed by atoms with Crippen molar-refractivity contribution in [2.75, 3.05) is 0 Å². The Morgan fingerprint density at radius 1 is 1.62 bits per heavy atom. The molecule has 0 unspecified atom stereocenters. The summed E-state index contributed by atoms with van der Waals surface area (Å²) in [5.41, 5.74) is 0.855. The zero-order valence-corrected chi connectivity index (χ0v) is 7.07. The number of hydrogen-bond acceptors (Lipinski definition) is 3. The minimum atomic E-state index is -0.151. The zero-order chi connectivity index (χ0) is 9.26. The van der Waals surface area contributed by atoms with Gasteiger partial charge in [0.25, 0.3) is 0 Å². The lowest BCUT2D eigenvalue weighted by atomic mass is 10.2. The number of carbonyl (C=O) groups is 1. The molecule has 0 aromatic carbocycles. The molecule has 2 heterocycles. The van der Waals surface area contributed by atoms with Crippen molar-refractivity contribution in [1.82, 2.24) is 9.97 Å². The number of aromatic nitrogens is 2. The highest BCUT2D eigenvalue weighted by molar-refractivity contribution is 6.06. The average Bonchev–Trinajstić information content (AvgIpc) is 2.72. The van der Waals surface area contributed by atoms with Crippen LogP contribution in [0.2, 0.25) is 0 Å². The number of aryl methyl sites for hydroxylation is 1. The second-order valence-electron chi connectivity index (χ2n) is 2.66. The maximum absolute atomic E-state index is 11.6.